The van der Waals surface area contributed by atoms with Crippen molar-refractivity contribution in [1.29, 1.82) is 0 Å². The number of para-hydroxylation sites is 1. The predicted molar refractivity (Wildman–Crippen MR) is 229 cm³/mol. The first-order valence-corrected chi connectivity index (χ1v) is 19.3. The van der Waals surface area contributed by atoms with Gasteiger partial charge in [0.15, 0.2) is 17.5 Å². The van der Waals surface area contributed by atoms with E-state index in [1.165, 1.54) is 51.2 Å². The molecule has 10 rings (SSSR count). The molecule has 0 bridgehead atoms. The SMILES string of the molecule is CC1(C)CCC(C)(C)c2cc3c(cc21)c1ccccc1n3-c1cccc(-c2nc(-c3ccc4ccccc4c3)nc(-c3ccccc3-c3ccccc3)n2)c1. The van der Waals surface area contributed by atoms with Crippen molar-refractivity contribution in [2.75, 3.05) is 0 Å². The molecule has 0 fully saturated rings. The van der Waals surface area contributed by atoms with Crippen LogP contribution in [0.1, 0.15) is 51.7 Å². The van der Waals surface area contributed by atoms with Gasteiger partial charge in [0.2, 0.25) is 0 Å². The molecule has 2 heterocycles. The number of benzene rings is 7. The van der Waals surface area contributed by atoms with Crippen molar-refractivity contribution in [3.05, 3.63) is 169 Å². The van der Waals surface area contributed by atoms with Crippen LogP contribution in [-0.4, -0.2) is 19.5 Å². The van der Waals surface area contributed by atoms with Gasteiger partial charge < -0.3 is 4.57 Å². The summed E-state index contributed by atoms with van der Waals surface area (Å²) in [6.07, 6.45) is 2.35. The molecule has 0 saturated carbocycles. The van der Waals surface area contributed by atoms with Crippen LogP contribution in [0.5, 0.6) is 0 Å². The van der Waals surface area contributed by atoms with Gasteiger partial charge in [0.1, 0.15) is 0 Å². The lowest BCUT2D eigenvalue weighted by Gasteiger charge is -2.42. The van der Waals surface area contributed by atoms with E-state index >= 15 is 0 Å². The molecule has 55 heavy (non-hydrogen) atoms. The molecule has 9 aromatic rings. The molecule has 0 N–H and O–H groups in total. The van der Waals surface area contributed by atoms with Crippen LogP contribution in [0.3, 0.4) is 0 Å². The first-order valence-electron chi connectivity index (χ1n) is 19.3. The minimum atomic E-state index is 0.0959. The van der Waals surface area contributed by atoms with E-state index in [9.17, 15) is 0 Å². The number of nitrogens with zero attached hydrogens (tertiary/aromatic N) is 4. The van der Waals surface area contributed by atoms with E-state index < -0.39 is 0 Å². The molecule has 4 heteroatoms. The lowest BCUT2D eigenvalue weighted by atomic mass is 9.63. The molecular weight excluding hydrogens is 669 g/mol. The van der Waals surface area contributed by atoms with Crippen molar-refractivity contribution in [2.45, 2.75) is 51.4 Å². The third kappa shape index (κ3) is 5.63. The fourth-order valence-corrected chi connectivity index (χ4v) is 8.72. The van der Waals surface area contributed by atoms with Crippen molar-refractivity contribution in [1.82, 2.24) is 19.5 Å². The Labute approximate surface area is 322 Å². The standard InChI is InChI=1S/C51H42N4/c1-50(2)27-28-51(3,4)44-32-46-42(31-43(44)50)40-22-12-13-24-45(40)55(46)38-20-14-19-36(30-38)47-52-48(37-26-25-33-15-8-9-18-35(33)29-37)54-49(53-47)41-23-11-10-21-39(41)34-16-6-5-7-17-34/h5-26,29-32H,27-28H2,1-4H3. The van der Waals surface area contributed by atoms with Gasteiger partial charge in [-0.15, -0.1) is 0 Å². The molecule has 0 saturated heterocycles. The van der Waals surface area contributed by atoms with Gasteiger partial charge >= 0.3 is 0 Å². The lowest BCUT2D eigenvalue weighted by molar-refractivity contribution is 0.332. The molecule has 0 radical (unpaired) electrons. The highest BCUT2D eigenvalue weighted by molar-refractivity contribution is 6.10. The van der Waals surface area contributed by atoms with Crippen LogP contribution >= 0.6 is 0 Å². The van der Waals surface area contributed by atoms with Crippen LogP contribution in [0.2, 0.25) is 0 Å². The van der Waals surface area contributed by atoms with Crippen molar-refractivity contribution in [3.8, 4) is 51.0 Å². The van der Waals surface area contributed by atoms with Crippen molar-refractivity contribution < 1.29 is 0 Å². The number of hydrogen-bond acceptors (Lipinski definition) is 3. The minimum Gasteiger partial charge on any atom is -0.309 e. The van der Waals surface area contributed by atoms with Gasteiger partial charge in [-0.25, -0.2) is 15.0 Å². The summed E-state index contributed by atoms with van der Waals surface area (Å²) in [5, 5.41) is 4.89. The van der Waals surface area contributed by atoms with Gasteiger partial charge in [0.25, 0.3) is 0 Å². The fraction of sp³-hybridized carbons (Fsp3) is 0.157. The molecule has 4 nitrogen and oxygen atoms in total. The minimum absolute atomic E-state index is 0.0959. The Hall–Kier alpha value is -6.39. The number of fused-ring (bicyclic) bond motifs is 5. The molecule has 7 aromatic carbocycles. The molecule has 2 aromatic heterocycles. The normalized spacial score (nSPS) is 14.7. The molecule has 0 unspecified atom stereocenters. The maximum atomic E-state index is 5.26. The highest BCUT2D eigenvalue weighted by Gasteiger charge is 2.38. The number of rotatable bonds is 5. The second-order valence-electron chi connectivity index (χ2n) is 16.4. The molecule has 0 amide bonds. The van der Waals surface area contributed by atoms with Gasteiger partial charge in [-0.1, -0.05) is 149 Å². The Morgan fingerprint density at radius 3 is 1.80 bits per heavy atom. The Kier molecular flexibility index (Phi) is 7.60. The maximum Gasteiger partial charge on any atom is 0.164 e. The number of hydrogen-bond donors (Lipinski definition) is 0. The van der Waals surface area contributed by atoms with Crippen LogP contribution in [0.25, 0.3) is 83.6 Å². The molecule has 0 atom stereocenters. The molecule has 1 aliphatic rings. The molecule has 266 valence electrons. The van der Waals surface area contributed by atoms with E-state index in [4.69, 9.17) is 15.0 Å². The summed E-state index contributed by atoms with van der Waals surface area (Å²) in [6, 6.07) is 56.2. The second-order valence-corrected chi connectivity index (χ2v) is 16.4. The van der Waals surface area contributed by atoms with Gasteiger partial charge in [-0.3, -0.25) is 0 Å². The van der Waals surface area contributed by atoms with Crippen LogP contribution in [0, 0.1) is 0 Å². The van der Waals surface area contributed by atoms with E-state index in [1.807, 2.05) is 6.07 Å². The smallest absolute Gasteiger partial charge is 0.164 e. The van der Waals surface area contributed by atoms with Crippen LogP contribution < -0.4 is 0 Å². The summed E-state index contributed by atoms with van der Waals surface area (Å²) in [5.41, 5.74) is 11.7. The van der Waals surface area contributed by atoms with Gasteiger partial charge in [-0.2, -0.15) is 0 Å². The third-order valence-corrected chi connectivity index (χ3v) is 11.9. The average molecular weight is 711 g/mol. The van der Waals surface area contributed by atoms with Crippen molar-refractivity contribution in [3.63, 3.8) is 0 Å². The monoisotopic (exact) mass is 710 g/mol. The molecule has 1 aliphatic carbocycles. The Bertz CT molecular complexity index is 2930. The topological polar surface area (TPSA) is 43.6 Å². The number of aromatic nitrogens is 4. The lowest BCUT2D eigenvalue weighted by Crippen LogP contribution is -2.33. The summed E-state index contributed by atoms with van der Waals surface area (Å²) in [5.74, 6) is 1.93. The summed E-state index contributed by atoms with van der Waals surface area (Å²) >= 11 is 0. The highest BCUT2D eigenvalue weighted by atomic mass is 15.0. The first-order chi connectivity index (χ1) is 26.7. The highest BCUT2D eigenvalue weighted by Crippen LogP contribution is 2.48. The first kappa shape index (κ1) is 33.2. The zero-order valence-electron chi connectivity index (χ0n) is 31.7. The summed E-state index contributed by atoms with van der Waals surface area (Å²) in [7, 11) is 0. The molecule has 0 spiro atoms. The van der Waals surface area contributed by atoms with Gasteiger partial charge in [0.05, 0.1) is 11.0 Å². The summed E-state index contributed by atoms with van der Waals surface area (Å²) in [4.78, 5) is 15.7. The zero-order valence-corrected chi connectivity index (χ0v) is 31.7. The molecular formula is C51H42N4. The zero-order chi connectivity index (χ0) is 37.3. The second kappa shape index (κ2) is 12.6. The van der Waals surface area contributed by atoms with Gasteiger partial charge in [-0.05, 0) is 93.1 Å². The van der Waals surface area contributed by atoms with Crippen molar-refractivity contribution >= 4 is 32.6 Å². The van der Waals surface area contributed by atoms with Crippen LogP contribution in [-0.2, 0) is 10.8 Å². The van der Waals surface area contributed by atoms with E-state index in [0.29, 0.717) is 17.5 Å². The predicted octanol–water partition coefficient (Wildman–Crippen LogP) is 13.1. The average Bonchev–Trinajstić information content (AvgIpc) is 3.56. The van der Waals surface area contributed by atoms with E-state index in [-0.39, 0.29) is 10.8 Å². The Morgan fingerprint density at radius 1 is 0.418 bits per heavy atom. The Balaban J connectivity index is 1.19. The van der Waals surface area contributed by atoms with E-state index in [1.54, 1.807) is 0 Å². The quantitative estimate of drug-likeness (QED) is 0.179. The third-order valence-electron chi connectivity index (χ3n) is 11.9. The van der Waals surface area contributed by atoms with Crippen LogP contribution in [0.15, 0.2) is 158 Å². The maximum absolute atomic E-state index is 5.26. The largest absolute Gasteiger partial charge is 0.309 e. The van der Waals surface area contributed by atoms with Gasteiger partial charge in [0, 0.05) is 33.2 Å². The van der Waals surface area contributed by atoms with E-state index in [2.05, 4.69) is 184 Å². The van der Waals surface area contributed by atoms with Crippen molar-refractivity contribution in [2.24, 2.45) is 0 Å². The fourth-order valence-electron chi connectivity index (χ4n) is 8.72. The molecule has 0 aliphatic heterocycles. The Morgan fingerprint density at radius 2 is 1.02 bits per heavy atom. The summed E-state index contributed by atoms with van der Waals surface area (Å²) < 4.78 is 2.43. The van der Waals surface area contributed by atoms with Crippen LogP contribution in [0.4, 0.5) is 0 Å². The van der Waals surface area contributed by atoms with E-state index in [0.717, 1.165) is 38.9 Å². The summed E-state index contributed by atoms with van der Waals surface area (Å²) in [6.45, 7) is 9.62.